The Kier molecular flexibility index (Phi) is 1.92. The fourth-order valence-corrected chi connectivity index (χ4v) is 2.03. The Bertz CT molecular complexity index is 177. The number of epoxide rings is 1. The molecule has 0 aromatic rings. The smallest absolute Gasteiger partial charge is 0.113 e. The molecule has 0 radical (unpaired) electrons. The van der Waals surface area contributed by atoms with Gasteiger partial charge in [-0.15, -0.1) is 0 Å². The third-order valence-electron chi connectivity index (χ3n) is 2.97. The molecule has 0 aromatic heterocycles. The van der Waals surface area contributed by atoms with Crippen LogP contribution in [0.2, 0.25) is 0 Å². The van der Waals surface area contributed by atoms with Crippen LogP contribution in [-0.4, -0.2) is 24.4 Å². The van der Waals surface area contributed by atoms with Crippen molar-refractivity contribution in [2.75, 3.05) is 6.61 Å². The van der Waals surface area contributed by atoms with Gasteiger partial charge in [0, 0.05) is 6.61 Å². The quantitative estimate of drug-likeness (QED) is 0.561. The predicted octanol–water partition coefficient (Wildman–Crippen LogP) is 1.98. The molecule has 2 rings (SSSR count). The van der Waals surface area contributed by atoms with Crippen molar-refractivity contribution in [3.8, 4) is 0 Å². The topological polar surface area (TPSA) is 21.8 Å². The Morgan fingerprint density at radius 1 is 1.33 bits per heavy atom. The van der Waals surface area contributed by atoms with Crippen molar-refractivity contribution in [3.05, 3.63) is 0 Å². The van der Waals surface area contributed by atoms with E-state index in [0.717, 1.165) is 12.5 Å². The van der Waals surface area contributed by atoms with Gasteiger partial charge in [0.2, 0.25) is 0 Å². The van der Waals surface area contributed by atoms with Crippen molar-refractivity contribution < 1.29 is 9.47 Å². The van der Waals surface area contributed by atoms with Gasteiger partial charge in [0.15, 0.2) is 0 Å². The van der Waals surface area contributed by atoms with E-state index in [9.17, 15) is 0 Å². The van der Waals surface area contributed by atoms with Gasteiger partial charge in [-0.05, 0) is 32.6 Å². The largest absolute Gasteiger partial charge is 0.375 e. The monoisotopic (exact) mass is 170 g/mol. The first-order valence-electron chi connectivity index (χ1n) is 4.89. The average Bonchev–Trinajstić information content (AvgIpc) is 2.60. The molecule has 2 heteroatoms. The molecule has 70 valence electrons. The first-order valence-corrected chi connectivity index (χ1v) is 4.89. The second kappa shape index (κ2) is 2.71. The van der Waals surface area contributed by atoms with Gasteiger partial charge >= 0.3 is 0 Å². The SMILES string of the molecule is C[C@H]1CCO[C@H]([C@@H]2OC2(C)C)C1. The molecule has 0 N–H and O–H groups in total. The zero-order chi connectivity index (χ0) is 8.77. The lowest BCUT2D eigenvalue weighted by atomic mass is 9.93. The third kappa shape index (κ3) is 1.50. The Hall–Kier alpha value is -0.0800. The van der Waals surface area contributed by atoms with Crippen LogP contribution < -0.4 is 0 Å². The lowest BCUT2D eigenvalue weighted by Gasteiger charge is -2.26. The van der Waals surface area contributed by atoms with Crippen molar-refractivity contribution >= 4 is 0 Å². The van der Waals surface area contributed by atoms with E-state index in [1.807, 2.05) is 0 Å². The molecule has 0 spiro atoms. The summed E-state index contributed by atoms with van der Waals surface area (Å²) in [5, 5.41) is 0. The van der Waals surface area contributed by atoms with E-state index in [-0.39, 0.29) is 5.60 Å². The normalized spacial score (nSPS) is 45.8. The summed E-state index contributed by atoms with van der Waals surface area (Å²) in [6.07, 6.45) is 3.11. The maximum absolute atomic E-state index is 5.68. The molecule has 0 saturated carbocycles. The van der Waals surface area contributed by atoms with Crippen molar-refractivity contribution in [1.29, 1.82) is 0 Å². The maximum atomic E-state index is 5.68. The minimum absolute atomic E-state index is 0.0850. The van der Waals surface area contributed by atoms with Crippen LogP contribution in [0.25, 0.3) is 0 Å². The second-order valence-corrected chi connectivity index (χ2v) is 4.68. The van der Waals surface area contributed by atoms with Crippen molar-refractivity contribution in [1.82, 2.24) is 0 Å². The summed E-state index contributed by atoms with van der Waals surface area (Å²) in [6, 6.07) is 0. The van der Waals surface area contributed by atoms with Crippen LogP contribution >= 0.6 is 0 Å². The summed E-state index contributed by atoms with van der Waals surface area (Å²) in [6.45, 7) is 7.49. The standard InChI is InChI=1S/C10H18O2/c1-7-4-5-11-8(6-7)9-10(2,3)12-9/h7-9H,4-6H2,1-3H3/t7-,8-,9-/m0/s1. The van der Waals surface area contributed by atoms with E-state index in [1.54, 1.807) is 0 Å². The van der Waals surface area contributed by atoms with Gasteiger partial charge < -0.3 is 9.47 Å². The summed E-state index contributed by atoms with van der Waals surface area (Å²) in [4.78, 5) is 0. The van der Waals surface area contributed by atoms with Crippen molar-refractivity contribution in [3.63, 3.8) is 0 Å². The highest BCUT2D eigenvalue weighted by Crippen LogP contribution is 2.42. The number of hydrogen-bond acceptors (Lipinski definition) is 2. The number of ether oxygens (including phenoxy) is 2. The lowest BCUT2D eigenvalue weighted by Crippen LogP contribution is -2.31. The highest BCUT2D eigenvalue weighted by molar-refractivity contribution is 5.00. The van der Waals surface area contributed by atoms with Gasteiger partial charge in [0.25, 0.3) is 0 Å². The Morgan fingerprint density at radius 3 is 2.50 bits per heavy atom. The first-order chi connectivity index (χ1) is 5.59. The van der Waals surface area contributed by atoms with Crippen LogP contribution in [0, 0.1) is 5.92 Å². The van der Waals surface area contributed by atoms with Crippen LogP contribution in [0.5, 0.6) is 0 Å². The summed E-state index contributed by atoms with van der Waals surface area (Å²) in [7, 11) is 0. The van der Waals surface area contributed by atoms with Crippen LogP contribution in [0.15, 0.2) is 0 Å². The minimum Gasteiger partial charge on any atom is -0.375 e. The molecule has 2 nitrogen and oxygen atoms in total. The summed E-state index contributed by atoms with van der Waals surface area (Å²) >= 11 is 0. The zero-order valence-electron chi connectivity index (χ0n) is 8.17. The molecule has 0 aliphatic carbocycles. The van der Waals surface area contributed by atoms with E-state index in [2.05, 4.69) is 20.8 Å². The minimum atomic E-state index is 0.0850. The Labute approximate surface area is 74.2 Å². The van der Waals surface area contributed by atoms with E-state index >= 15 is 0 Å². The van der Waals surface area contributed by atoms with E-state index in [1.165, 1.54) is 12.8 Å². The van der Waals surface area contributed by atoms with Gasteiger partial charge in [-0.2, -0.15) is 0 Å². The van der Waals surface area contributed by atoms with E-state index in [4.69, 9.17) is 9.47 Å². The second-order valence-electron chi connectivity index (χ2n) is 4.68. The Morgan fingerprint density at radius 2 is 2.00 bits per heavy atom. The molecule has 2 saturated heterocycles. The molecule has 2 heterocycles. The fraction of sp³-hybridized carbons (Fsp3) is 1.00. The molecule has 2 fully saturated rings. The summed E-state index contributed by atoms with van der Waals surface area (Å²) in [5.74, 6) is 0.809. The van der Waals surface area contributed by atoms with E-state index in [0.29, 0.717) is 12.2 Å². The van der Waals surface area contributed by atoms with Crippen LogP contribution in [-0.2, 0) is 9.47 Å². The maximum Gasteiger partial charge on any atom is 0.113 e. The van der Waals surface area contributed by atoms with Gasteiger partial charge in [-0.25, -0.2) is 0 Å². The molecule has 0 bridgehead atoms. The molecule has 12 heavy (non-hydrogen) atoms. The lowest BCUT2D eigenvalue weighted by molar-refractivity contribution is -0.0199. The molecule has 2 aliphatic heterocycles. The van der Waals surface area contributed by atoms with Gasteiger partial charge in [0.05, 0.1) is 11.7 Å². The average molecular weight is 170 g/mol. The summed E-state index contributed by atoms with van der Waals surface area (Å²) < 4.78 is 11.3. The molecule has 3 atom stereocenters. The molecular weight excluding hydrogens is 152 g/mol. The predicted molar refractivity (Wildman–Crippen MR) is 47.1 cm³/mol. The molecule has 0 unspecified atom stereocenters. The third-order valence-corrected chi connectivity index (χ3v) is 2.97. The van der Waals surface area contributed by atoms with Gasteiger partial charge in [-0.3, -0.25) is 0 Å². The highest BCUT2D eigenvalue weighted by atomic mass is 16.6. The van der Waals surface area contributed by atoms with E-state index < -0.39 is 0 Å². The number of hydrogen-bond donors (Lipinski definition) is 0. The first kappa shape index (κ1) is 8.52. The fourth-order valence-electron chi connectivity index (χ4n) is 2.03. The molecule has 0 aromatic carbocycles. The molecule has 0 amide bonds. The summed E-state index contributed by atoms with van der Waals surface area (Å²) in [5.41, 5.74) is 0.0850. The zero-order valence-corrected chi connectivity index (χ0v) is 8.17. The van der Waals surface area contributed by atoms with Crippen LogP contribution in [0.1, 0.15) is 33.6 Å². The van der Waals surface area contributed by atoms with Crippen LogP contribution in [0.4, 0.5) is 0 Å². The van der Waals surface area contributed by atoms with Gasteiger partial charge in [0.1, 0.15) is 6.10 Å². The van der Waals surface area contributed by atoms with Crippen molar-refractivity contribution in [2.45, 2.75) is 51.4 Å². The molecule has 2 aliphatic rings. The number of rotatable bonds is 1. The van der Waals surface area contributed by atoms with Crippen molar-refractivity contribution in [2.24, 2.45) is 5.92 Å². The Balaban J connectivity index is 1.89. The van der Waals surface area contributed by atoms with Gasteiger partial charge in [-0.1, -0.05) is 6.92 Å². The molecular formula is C10H18O2. The highest BCUT2D eigenvalue weighted by Gasteiger charge is 2.53. The van der Waals surface area contributed by atoms with Crippen LogP contribution in [0.3, 0.4) is 0 Å².